The molecule has 2 aliphatic heterocycles. The van der Waals surface area contributed by atoms with Crippen LogP contribution in [-0.2, 0) is 26.0 Å². The van der Waals surface area contributed by atoms with Crippen molar-refractivity contribution >= 4 is 21.8 Å². The zero-order valence-corrected chi connectivity index (χ0v) is 16.7. The maximum atomic E-state index is 13.0. The Hall–Kier alpha value is -2.13. The van der Waals surface area contributed by atoms with Crippen LogP contribution in [0.5, 0.6) is 5.75 Å². The third-order valence-electron chi connectivity index (χ3n) is 5.65. The number of hydrogen-bond donors (Lipinski definition) is 0. The van der Waals surface area contributed by atoms with Crippen LogP contribution in [0.25, 0.3) is 0 Å². The highest BCUT2D eigenvalue weighted by Gasteiger charge is 2.48. The number of nitrogens with zero attached hydrogens (tertiary/aromatic N) is 3. The van der Waals surface area contributed by atoms with E-state index in [1.54, 1.807) is 12.0 Å². The summed E-state index contributed by atoms with van der Waals surface area (Å²) >= 11 is 0. The SMILES string of the molecule is COc1cccc(CC(=O)N2CCN3CCS(=O)(=O)N(C4CC4)C(=O)C3C2)c1. The topological polar surface area (TPSA) is 87.2 Å². The zero-order chi connectivity index (χ0) is 19.9. The van der Waals surface area contributed by atoms with Gasteiger partial charge in [-0.15, -0.1) is 0 Å². The first kappa shape index (κ1) is 19.2. The Morgan fingerprint density at radius 3 is 2.71 bits per heavy atom. The molecule has 9 heteroatoms. The van der Waals surface area contributed by atoms with Crippen LogP contribution in [0.2, 0.25) is 0 Å². The molecule has 2 amide bonds. The minimum absolute atomic E-state index is 0.0382. The Bertz CT molecular complexity index is 883. The van der Waals surface area contributed by atoms with E-state index in [0.29, 0.717) is 25.4 Å². The van der Waals surface area contributed by atoms with Crippen molar-refractivity contribution in [3.63, 3.8) is 0 Å². The van der Waals surface area contributed by atoms with Gasteiger partial charge in [-0.1, -0.05) is 12.1 Å². The van der Waals surface area contributed by atoms with Crippen molar-refractivity contribution in [3.05, 3.63) is 29.8 Å². The third-order valence-corrected chi connectivity index (χ3v) is 7.43. The molecule has 152 valence electrons. The fraction of sp³-hybridized carbons (Fsp3) is 0.579. The van der Waals surface area contributed by atoms with Gasteiger partial charge >= 0.3 is 0 Å². The smallest absolute Gasteiger partial charge is 0.255 e. The van der Waals surface area contributed by atoms with Crippen LogP contribution in [0.1, 0.15) is 18.4 Å². The molecule has 1 aromatic rings. The van der Waals surface area contributed by atoms with Crippen molar-refractivity contribution in [2.45, 2.75) is 31.3 Å². The molecule has 0 spiro atoms. The lowest BCUT2D eigenvalue weighted by atomic mass is 10.1. The van der Waals surface area contributed by atoms with Crippen LogP contribution in [0, 0.1) is 0 Å². The van der Waals surface area contributed by atoms with Crippen molar-refractivity contribution in [2.24, 2.45) is 0 Å². The first-order chi connectivity index (χ1) is 13.4. The molecule has 1 atom stereocenters. The van der Waals surface area contributed by atoms with Crippen LogP contribution in [-0.4, -0.2) is 85.5 Å². The van der Waals surface area contributed by atoms with Gasteiger partial charge in [0.1, 0.15) is 11.8 Å². The lowest BCUT2D eigenvalue weighted by Gasteiger charge is -2.39. The van der Waals surface area contributed by atoms with E-state index in [1.807, 2.05) is 29.2 Å². The molecule has 1 saturated carbocycles. The highest BCUT2D eigenvalue weighted by atomic mass is 32.2. The Labute approximate surface area is 165 Å². The maximum Gasteiger partial charge on any atom is 0.255 e. The van der Waals surface area contributed by atoms with Gasteiger partial charge in [0.15, 0.2) is 0 Å². The van der Waals surface area contributed by atoms with E-state index in [-0.39, 0.29) is 36.6 Å². The molecule has 2 saturated heterocycles. The molecule has 3 aliphatic rings. The molecule has 28 heavy (non-hydrogen) atoms. The Morgan fingerprint density at radius 2 is 2.00 bits per heavy atom. The monoisotopic (exact) mass is 407 g/mol. The molecule has 8 nitrogen and oxygen atoms in total. The minimum Gasteiger partial charge on any atom is -0.497 e. The van der Waals surface area contributed by atoms with Crippen LogP contribution in [0.3, 0.4) is 0 Å². The number of methoxy groups -OCH3 is 1. The van der Waals surface area contributed by atoms with E-state index in [0.717, 1.165) is 22.7 Å². The molecular weight excluding hydrogens is 382 g/mol. The van der Waals surface area contributed by atoms with Crippen LogP contribution >= 0.6 is 0 Å². The number of benzene rings is 1. The second kappa shape index (κ2) is 7.36. The van der Waals surface area contributed by atoms with Gasteiger partial charge in [0.05, 0.1) is 19.3 Å². The summed E-state index contributed by atoms with van der Waals surface area (Å²) in [6.45, 7) is 1.57. The van der Waals surface area contributed by atoms with Crippen molar-refractivity contribution in [1.29, 1.82) is 0 Å². The van der Waals surface area contributed by atoms with Crippen molar-refractivity contribution < 1.29 is 22.7 Å². The Balaban J connectivity index is 1.49. The molecule has 3 fully saturated rings. The summed E-state index contributed by atoms with van der Waals surface area (Å²) in [5.41, 5.74) is 0.848. The highest BCUT2D eigenvalue weighted by molar-refractivity contribution is 7.89. The number of carbonyl (C=O) groups excluding carboxylic acids is 2. The molecule has 1 aromatic carbocycles. The molecule has 2 heterocycles. The highest BCUT2D eigenvalue weighted by Crippen LogP contribution is 2.32. The number of carbonyl (C=O) groups is 2. The summed E-state index contributed by atoms with van der Waals surface area (Å²) in [6.07, 6.45) is 1.69. The molecule has 0 aromatic heterocycles. The van der Waals surface area contributed by atoms with E-state index < -0.39 is 16.1 Å². The van der Waals surface area contributed by atoms with Gasteiger partial charge in [-0.05, 0) is 30.5 Å². The summed E-state index contributed by atoms with van der Waals surface area (Å²) in [7, 11) is -1.99. The van der Waals surface area contributed by atoms with E-state index >= 15 is 0 Å². The zero-order valence-electron chi connectivity index (χ0n) is 15.9. The minimum atomic E-state index is -3.57. The maximum absolute atomic E-state index is 13.0. The van der Waals surface area contributed by atoms with Gasteiger partial charge in [0.2, 0.25) is 15.9 Å². The quantitative estimate of drug-likeness (QED) is 0.703. The first-order valence-electron chi connectivity index (χ1n) is 9.60. The van der Waals surface area contributed by atoms with Gasteiger partial charge in [-0.2, -0.15) is 0 Å². The number of fused-ring (bicyclic) bond motifs is 1. The summed E-state index contributed by atoms with van der Waals surface area (Å²) in [4.78, 5) is 29.4. The van der Waals surface area contributed by atoms with Gasteiger partial charge in [-0.3, -0.25) is 14.5 Å². The summed E-state index contributed by atoms with van der Waals surface area (Å²) in [6, 6.07) is 6.58. The van der Waals surface area contributed by atoms with Crippen molar-refractivity contribution in [3.8, 4) is 5.75 Å². The van der Waals surface area contributed by atoms with Gasteiger partial charge in [0, 0.05) is 32.2 Å². The molecule has 1 unspecified atom stereocenters. The van der Waals surface area contributed by atoms with Crippen LogP contribution in [0.4, 0.5) is 0 Å². The number of sulfonamides is 1. The van der Waals surface area contributed by atoms with Gasteiger partial charge in [-0.25, -0.2) is 12.7 Å². The van der Waals surface area contributed by atoms with E-state index in [1.165, 1.54) is 0 Å². The third kappa shape index (κ3) is 3.73. The lowest BCUT2D eigenvalue weighted by Crippen LogP contribution is -2.59. The standard InChI is InChI=1S/C19H25N3O5S/c1-27-16-4-2-3-14(11-16)12-18(23)21-8-7-20-9-10-28(25,26)22(15-5-6-15)19(24)17(20)13-21/h2-4,11,15,17H,5-10,12-13H2,1H3. The van der Waals surface area contributed by atoms with E-state index in [9.17, 15) is 18.0 Å². The summed E-state index contributed by atoms with van der Waals surface area (Å²) in [5, 5.41) is 0. The Kier molecular flexibility index (Phi) is 5.05. The molecular formula is C19H25N3O5S. The predicted molar refractivity (Wildman–Crippen MR) is 102 cm³/mol. The average molecular weight is 407 g/mol. The van der Waals surface area contributed by atoms with E-state index in [4.69, 9.17) is 4.74 Å². The number of hydrogen-bond acceptors (Lipinski definition) is 6. The van der Waals surface area contributed by atoms with Crippen LogP contribution < -0.4 is 4.74 Å². The van der Waals surface area contributed by atoms with Gasteiger partial charge < -0.3 is 9.64 Å². The fourth-order valence-corrected chi connectivity index (χ4v) is 5.67. The number of rotatable bonds is 4. The fourth-order valence-electron chi connectivity index (χ4n) is 3.95. The second-order valence-electron chi connectivity index (χ2n) is 7.60. The number of ether oxygens (including phenoxy) is 1. The largest absolute Gasteiger partial charge is 0.497 e. The first-order valence-corrected chi connectivity index (χ1v) is 11.2. The summed E-state index contributed by atoms with van der Waals surface area (Å²) < 4.78 is 31.4. The van der Waals surface area contributed by atoms with Crippen LogP contribution in [0.15, 0.2) is 24.3 Å². The van der Waals surface area contributed by atoms with Gasteiger partial charge in [0.25, 0.3) is 5.91 Å². The Morgan fingerprint density at radius 1 is 1.21 bits per heavy atom. The average Bonchev–Trinajstić information content (AvgIpc) is 3.51. The number of amides is 2. The second-order valence-corrected chi connectivity index (χ2v) is 9.57. The lowest BCUT2D eigenvalue weighted by molar-refractivity contribution is -0.139. The molecule has 4 rings (SSSR count). The van der Waals surface area contributed by atoms with Crippen molar-refractivity contribution in [1.82, 2.24) is 14.1 Å². The predicted octanol–water partition coefficient (Wildman–Crippen LogP) is 0.0849. The number of piperazine rings is 1. The molecule has 1 aliphatic carbocycles. The molecule has 0 N–H and O–H groups in total. The summed E-state index contributed by atoms with van der Waals surface area (Å²) in [5.74, 6) is 0.216. The van der Waals surface area contributed by atoms with E-state index in [2.05, 4.69) is 0 Å². The molecule has 0 bridgehead atoms. The normalized spacial score (nSPS) is 25.2. The van der Waals surface area contributed by atoms with Crippen molar-refractivity contribution in [2.75, 3.05) is 39.0 Å². The molecule has 0 radical (unpaired) electrons.